The number of piperidine rings is 1. The van der Waals surface area contributed by atoms with Crippen molar-refractivity contribution in [2.45, 2.75) is 19.3 Å². The van der Waals surface area contributed by atoms with Crippen molar-refractivity contribution in [2.24, 2.45) is 0 Å². The maximum atomic E-state index is 4.83. The number of para-hydroxylation sites is 1. The lowest BCUT2D eigenvalue weighted by Crippen LogP contribution is -2.29. The Hall–Kier alpha value is -2.42. The lowest BCUT2D eigenvalue weighted by molar-refractivity contribution is 0.578. The number of anilines is 1. The number of aromatic nitrogens is 2. The van der Waals surface area contributed by atoms with E-state index in [1.165, 1.54) is 30.3 Å². The van der Waals surface area contributed by atoms with Gasteiger partial charge in [0.15, 0.2) is 0 Å². The van der Waals surface area contributed by atoms with E-state index in [1.807, 2.05) is 24.5 Å². The molecule has 0 bridgehead atoms. The fraction of sp³-hybridized carbons (Fsp3) is 0.263. The first-order valence-electron chi connectivity index (χ1n) is 7.97. The first-order valence-corrected chi connectivity index (χ1v) is 7.97. The summed E-state index contributed by atoms with van der Waals surface area (Å²) in [5.41, 5.74) is 4.44. The molecule has 22 heavy (non-hydrogen) atoms. The molecule has 1 aromatic carbocycles. The van der Waals surface area contributed by atoms with Crippen molar-refractivity contribution in [3.05, 3.63) is 54.9 Å². The van der Waals surface area contributed by atoms with E-state index in [-0.39, 0.29) is 0 Å². The third-order valence-electron chi connectivity index (χ3n) is 4.37. The zero-order valence-corrected chi connectivity index (χ0v) is 12.6. The molecule has 0 unspecified atom stereocenters. The van der Waals surface area contributed by atoms with Crippen molar-refractivity contribution in [1.29, 1.82) is 0 Å². The Morgan fingerprint density at radius 3 is 2.64 bits per heavy atom. The van der Waals surface area contributed by atoms with Crippen LogP contribution in [-0.2, 0) is 0 Å². The quantitative estimate of drug-likeness (QED) is 0.705. The third-order valence-corrected chi connectivity index (χ3v) is 4.37. The molecule has 3 nitrogen and oxygen atoms in total. The SMILES string of the molecule is c1ccc2nc(-c3cnccc3N3CCCCC3)ccc2c1. The van der Waals surface area contributed by atoms with Crippen LogP contribution in [0.5, 0.6) is 0 Å². The van der Waals surface area contributed by atoms with Gasteiger partial charge in [0.2, 0.25) is 0 Å². The highest BCUT2D eigenvalue weighted by atomic mass is 15.1. The van der Waals surface area contributed by atoms with Gasteiger partial charge in [-0.25, -0.2) is 4.98 Å². The van der Waals surface area contributed by atoms with Crippen LogP contribution in [0.2, 0.25) is 0 Å². The molecule has 1 saturated heterocycles. The average molecular weight is 289 g/mol. The molecule has 3 heterocycles. The summed E-state index contributed by atoms with van der Waals surface area (Å²) >= 11 is 0. The van der Waals surface area contributed by atoms with Crippen LogP contribution < -0.4 is 4.90 Å². The third kappa shape index (κ3) is 2.43. The summed E-state index contributed by atoms with van der Waals surface area (Å²) in [4.78, 5) is 11.6. The van der Waals surface area contributed by atoms with E-state index in [1.54, 1.807) is 0 Å². The average Bonchev–Trinajstić information content (AvgIpc) is 2.62. The highest BCUT2D eigenvalue weighted by Gasteiger charge is 2.16. The van der Waals surface area contributed by atoms with Gasteiger partial charge in [-0.1, -0.05) is 24.3 Å². The molecule has 2 aromatic heterocycles. The van der Waals surface area contributed by atoms with Crippen molar-refractivity contribution in [3.8, 4) is 11.3 Å². The number of benzene rings is 1. The Balaban J connectivity index is 1.80. The van der Waals surface area contributed by atoms with Gasteiger partial charge in [0.25, 0.3) is 0 Å². The summed E-state index contributed by atoms with van der Waals surface area (Å²) in [6, 6.07) is 14.6. The molecule has 0 atom stereocenters. The fourth-order valence-corrected chi connectivity index (χ4v) is 3.21. The highest BCUT2D eigenvalue weighted by Crippen LogP contribution is 2.31. The maximum absolute atomic E-state index is 4.83. The predicted molar refractivity (Wildman–Crippen MR) is 91.0 cm³/mol. The van der Waals surface area contributed by atoms with Gasteiger partial charge >= 0.3 is 0 Å². The molecule has 4 rings (SSSR count). The van der Waals surface area contributed by atoms with Gasteiger partial charge in [-0.3, -0.25) is 4.98 Å². The number of hydrogen-bond donors (Lipinski definition) is 0. The Morgan fingerprint density at radius 1 is 0.864 bits per heavy atom. The minimum absolute atomic E-state index is 1.01. The molecule has 110 valence electrons. The number of rotatable bonds is 2. The Kier molecular flexibility index (Phi) is 3.47. The number of pyridine rings is 2. The van der Waals surface area contributed by atoms with E-state index in [2.05, 4.69) is 40.2 Å². The minimum Gasteiger partial charge on any atom is -0.371 e. The molecule has 0 radical (unpaired) electrons. The van der Waals surface area contributed by atoms with Crippen LogP contribution in [-0.4, -0.2) is 23.1 Å². The van der Waals surface area contributed by atoms with Crippen molar-refractivity contribution < 1.29 is 0 Å². The number of nitrogens with zero attached hydrogens (tertiary/aromatic N) is 3. The molecule has 3 heteroatoms. The second-order valence-corrected chi connectivity index (χ2v) is 5.83. The molecule has 1 aliphatic rings. The van der Waals surface area contributed by atoms with Crippen LogP contribution >= 0.6 is 0 Å². The van der Waals surface area contributed by atoms with Crippen molar-refractivity contribution >= 4 is 16.6 Å². The molecule has 0 amide bonds. The van der Waals surface area contributed by atoms with Crippen LogP contribution in [0.15, 0.2) is 54.9 Å². The predicted octanol–water partition coefficient (Wildman–Crippen LogP) is 4.29. The largest absolute Gasteiger partial charge is 0.371 e. The second-order valence-electron chi connectivity index (χ2n) is 5.83. The molecule has 0 N–H and O–H groups in total. The monoisotopic (exact) mass is 289 g/mol. The number of fused-ring (bicyclic) bond motifs is 1. The van der Waals surface area contributed by atoms with Crippen molar-refractivity contribution in [1.82, 2.24) is 9.97 Å². The summed E-state index contributed by atoms with van der Waals surface area (Å²) in [7, 11) is 0. The van der Waals surface area contributed by atoms with E-state index in [0.717, 1.165) is 29.9 Å². The first kappa shape index (κ1) is 13.3. The summed E-state index contributed by atoms with van der Waals surface area (Å²) < 4.78 is 0. The van der Waals surface area contributed by atoms with Gasteiger partial charge in [0.05, 0.1) is 11.2 Å². The first-order chi connectivity index (χ1) is 10.9. The molecule has 1 aliphatic heterocycles. The normalized spacial score (nSPS) is 15.2. The summed E-state index contributed by atoms with van der Waals surface area (Å²) in [6.07, 6.45) is 7.71. The van der Waals surface area contributed by atoms with Crippen molar-refractivity contribution in [2.75, 3.05) is 18.0 Å². The molecular formula is C19H19N3. The molecule has 0 aliphatic carbocycles. The van der Waals surface area contributed by atoms with E-state index in [4.69, 9.17) is 4.98 Å². The summed E-state index contributed by atoms with van der Waals surface area (Å²) in [5, 5.41) is 1.18. The van der Waals surface area contributed by atoms with Crippen LogP contribution in [0.4, 0.5) is 5.69 Å². The van der Waals surface area contributed by atoms with Crippen LogP contribution in [0, 0.1) is 0 Å². The zero-order chi connectivity index (χ0) is 14.8. The Morgan fingerprint density at radius 2 is 1.73 bits per heavy atom. The topological polar surface area (TPSA) is 29.0 Å². The van der Waals surface area contributed by atoms with Gasteiger partial charge < -0.3 is 4.90 Å². The lowest BCUT2D eigenvalue weighted by atomic mass is 10.1. The van der Waals surface area contributed by atoms with E-state index in [0.29, 0.717) is 0 Å². The van der Waals surface area contributed by atoms with Crippen LogP contribution in [0.3, 0.4) is 0 Å². The van der Waals surface area contributed by atoms with Crippen molar-refractivity contribution in [3.63, 3.8) is 0 Å². The van der Waals surface area contributed by atoms with Gasteiger partial charge in [-0.15, -0.1) is 0 Å². The van der Waals surface area contributed by atoms with E-state index in [9.17, 15) is 0 Å². The minimum atomic E-state index is 1.01. The molecule has 0 saturated carbocycles. The summed E-state index contributed by atoms with van der Waals surface area (Å²) in [6.45, 7) is 2.26. The smallest absolute Gasteiger partial charge is 0.0746 e. The molecule has 0 spiro atoms. The van der Waals surface area contributed by atoms with Gasteiger partial charge in [-0.05, 0) is 37.5 Å². The van der Waals surface area contributed by atoms with Gasteiger partial charge in [0.1, 0.15) is 0 Å². The van der Waals surface area contributed by atoms with E-state index >= 15 is 0 Å². The van der Waals surface area contributed by atoms with Gasteiger partial charge in [-0.2, -0.15) is 0 Å². The Bertz CT molecular complexity index is 791. The Labute approximate surface area is 130 Å². The molecular weight excluding hydrogens is 270 g/mol. The van der Waals surface area contributed by atoms with Gasteiger partial charge in [0, 0.05) is 42.1 Å². The molecule has 3 aromatic rings. The second kappa shape index (κ2) is 5.76. The summed E-state index contributed by atoms with van der Waals surface area (Å²) in [5.74, 6) is 0. The van der Waals surface area contributed by atoms with Crippen LogP contribution in [0.1, 0.15) is 19.3 Å². The lowest BCUT2D eigenvalue weighted by Gasteiger charge is -2.30. The molecule has 1 fully saturated rings. The number of hydrogen-bond acceptors (Lipinski definition) is 3. The van der Waals surface area contributed by atoms with E-state index < -0.39 is 0 Å². The highest BCUT2D eigenvalue weighted by molar-refractivity contribution is 5.84. The maximum Gasteiger partial charge on any atom is 0.0746 e. The zero-order valence-electron chi connectivity index (χ0n) is 12.6. The fourth-order valence-electron chi connectivity index (χ4n) is 3.21. The standard InChI is InChI=1S/C19H19N3/c1-4-12-22(13-5-1)19-10-11-20-14-16(19)18-9-8-15-6-2-3-7-17(15)21-18/h2-3,6-11,14H,1,4-5,12-13H2. The van der Waals surface area contributed by atoms with Crippen LogP contribution in [0.25, 0.3) is 22.2 Å².